The maximum atomic E-state index is 10.8. The minimum Gasteiger partial charge on any atom is -0.487 e. The second-order valence-electron chi connectivity index (χ2n) is 4.42. The van der Waals surface area contributed by atoms with E-state index in [2.05, 4.69) is 18.0 Å². The summed E-state index contributed by atoms with van der Waals surface area (Å²) in [7, 11) is 0. The van der Waals surface area contributed by atoms with Crippen LogP contribution in [0.1, 0.15) is 27.0 Å². The van der Waals surface area contributed by atoms with Gasteiger partial charge in [0, 0.05) is 6.20 Å². The van der Waals surface area contributed by atoms with E-state index in [-0.39, 0.29) is 5.56 Å². The summed E-state index contributed by atoms with van der Waals surface area (Å²) in [6.45, 7) is 4.50. The van der Waals surface area contributed by atoms with E-state index < -0.39 is 5.97 Å². The maximum absolute atomic E-state index is 10.8. The summed E-state index contributed by atoms with van der Waals surface area (Å²) in [5.41, 5.74) is 3.61. The van der Waals surface area contributed by atoms with Crippen molar-refractivity contribution in [1.82, 2.24) is 4.98 Å². The molecule has 1 N–H and O–H groups in total. The smallest absolute Gasteiger partial charge is 0.337 e. The van der Waals surface area contributed by atoms with Gasteiger partial charge in [-0.15, -0.1) is 0 Å². The Hall–Kier alpha value is -2.36. The van der Waals surface area contributed by atoms with Gasteiger partial charge in [0.15, 0.2) is 0 Å². The molecule has 4 nitrogen and oxygen atoms in total. The highest BCUT2D eigenvalue weighted by Gasteiger charge is 2.05. The van der Waals surface area contributed by atoms with E-state index in [1.165, 1.54) is 29.6 Å². The monoisotopic (exact) mass is 257 g/mol. The van der Waals surface area contributed by atoms with Crippen LogP contribution in [0, 0.1) is 13.8 Å². The van der Waals surface area contributed by atoms with Crippen LogP contribution in [-0.2, 0) is 6.61 Å². The average Bonchev–Trinajstić information content (AvgIpc) is 2.40. The van der Waals surface area contributed by atoms with Crippen molar-refractivity contribution >= 4 is 5.97 Å². The number of pyridine rings is 1. The van der Waals surface area contributed by atoms with Gasteiger partial charge in [-0.1, -0.05) is 18.2 Å². The topological polar surface area (TPSA) is 59.4 Å². The summed E-state index contributed by atoms with van der Waals surface area (Å²) >= 11 is 0. The van der Waals surface area contributed by atoms with E-state index in [1.54, 1.807) is 0 Å². The third kappa shape index (κ3) is 3.31. The minimum absolute atomic E-state index is 0.123. The van der Waals surface area contributed by atoms with Gasteiger partial charge in [0.25, 0.3) is 0 Å². The maximum Gasteiger partial charge on any atom is 0.337 e. The SMILES string of the molecule is Cc1ccc(COc2cncc(C(=O)O)c2)cc1C. The molecule has 0 spiro atoms. The van der Waals surface area contributed by atoms with Crippen molar-refractivity contribution in [1.29, 1.82) is 0 Å². The molecule has 0 aliphatic rings. The number of nitrogens with zero attached hydrogens (tertiary/aromatic N) is 1. The van der Waals surface area contributed by atoms with Crippen LogP contribution in [0.3, 0.4) is 0 Å². The Morgan fingerprint density at radius 2 is 2.00 bits per heavy atom. The number of rotatable bonds is 4. The highest BCUT2D eigenvalue weighted by molar-refractivity contribution is 5.87. The predicted molar refractivity (Wildman–Crippen MR) is 71.4 cm³/mol. The van der Waals surface area contributed by atoms with Crippen molar-refractivity contribution in [2.24, 2.45) is 0 Å². The molecule has 0 unspecified atom stereocenters. The third-order valence-corrected chi connectivity index (χ3v) is 2.94. The molecule has 0 radical (unpaired) electrons. The molecule has 0 atom stereocenters. The minimum atomic E-state index is -1.01. The molecule has 0 amide bonds. The van der Waals surface area contributed by atoms with E-state index >= 15 is 0 Å². The van der Waals surface area contributed by atoms with Gasteiger partial charge in [-0.25, -0.2) is 4.79 Å². The number of carboxylic acids is 1. The largest absolute Gasteiger partial charge is 0.487 e. The quantitative estimate of drug-likeness (QED) is 0.914. The van der Waals surface area contributed by atoms with Crippen LogP contribution >= 0.6 is 0 Å². The fraction of sp³-hybridized carbons (Fsp3) is 0.200. The van der Waals surface area contributed by atoms with Crippen molar-refractivity contribution < 1.29 is 14.6 Å². The summed E-state index contributed by atoms with van der Waals surface area (Å²) in [5, 5.41) is 8.87. The molecule has 1 aromatic carbocycles. The summed E-state index contributed by atoms with van der Waals surface area (Å²) in [6.07, 6.45) is 2.80. The molecule has 2 aromatic rings. The number of ether oxygens (including phenoxy) is 1. The van der Waals surface area contributed by atoms with Gasteiger partial charge in [-0.2, -0.15) is 0 Å². The molecule has 0 saturated heterocycles. The lowest BCUT2D eigenvalue weighted by molar-refractivity contribution is 0.0696. The molecule has 0 bridgehead atoms. The predicted octanol–water partition coefficient (Wildman–Crippen LogP) is 2.98. The summed E-state index contributed by atoms with van der Waals surface area (Å²) in [4.78, 5) is 14.7. The van der Waals surface area contributed by atoms with E-state index in [4.69, 9.17) is 9.84 Å². The van der Waals surface area contributed by atoms with Crippen LogP contribution in [0.4, 0.5) is 0 Å². The number of hydrogen-bond donors (Lipinski definition) is 1. The number of aromatic nitrogens is 1. The summed E-state index contributed by atoms with van der Waals surface area (Å²) in [6, 6.07) is 7.57. The van der Waals surface area contributed by atoms with Gasteiger partial charge in [0.2, 0.25) is 0 Å². The number of benzene rings is 1. The first-order chi connectivity index (χ1) is 9.06. The first-order valence-corrected chi connectivity index (χ1v) is 5.93. The Balaban J connectivity index is 2.07. The van der Waals surface area contributed by atoms with Gasteiger partial charge in [-0.05, 0) is 36.6 Å². The first-order valence-electron chi connectivity index (χ1n) is 5.93. The molecule has 4 heteroatoms. The van der Waals surface area contributed by atoms with Gasteiger partial charge >= 0.3 is 5.97 Å². The number of aromatic carboxylic acids is 1. The fourth-order valence-corrected chi connectivity index (χ4v) is 1.67. The zero-order valence-corrected chi connectivity index (χ0v) is 10.9. The van der Waals surface area contributed by atoms with Gasteiger partial charge in [-0.3, -0.25) is 4.98 Å². The highest BCUT2D eigenvalue weighted by Crippen LogP contribution is 2.15. The molecule has 0 fully saturated rings. The number of aryl methyl sites for hydroxylation is 2. The Bertz CT molecular complexity index is 608. The standard InChI is InChI=1S/C15H15NO3/c1-10-3-4-12(5-11(10)2)9-19-14-6-13(15(17)18)7-16-8-14/h3-8H,9H2,1-2H3,(H,17,18). The Labute approximate surface area is 111 Å². The third-order valence-electron chi connectivity index (χ3n) is 2.94. The van der Waals surface area contributed by atoms with E-state index in [0.29, 0.717) is 12.4 Å². The van der Waals surface area contributed by atoms with Crippen LogP contribution in [-0.4, -0.2) is 16.1 Å². The molecule has 19 heavy (non-hydrogen) atoms. The average molecular weight is 257 g/mol. The van der Waals surface area contributed by atoms with Crippen LogP contribution < -0.4 is 4.74 Å². The Kier molecular flexibility index (Phi) is 3.80. The lowest BCUT2D eigenvalue weighted by Crippen LogP contribution is -2.00. The summed E-state index contributed by atoms with van der Waals surface area (Å²) < 4.78 is 5.55. The molecule has 0 saturated carbocycles. The molecule has 0 aliphatic heterocycles. The van der Waals surface area contributed by atoms with Crippen LogP contribution in [0.2, 0.25) is 0 Å². The van der Waals surface area contributed by atoms with Crippen molar-refractivity contribution in [3.05, 3.63) is 58.9 Å². The van der Waals surface area contributed by atoms with Gasteiger partial charge in [0.05, 0.1) is 11.8 Å². The van der Waals surface area contributed by atoms with E-state index in [9.17, 15) is 4.79 Å². The van der Waals surface area contributed by atoms with Crippen molar-refractivity contribution in [2.45, 2.75) is 20.5 Å². The Morgan fingerprint density at radius 3 is 2.68 bits per heavy atom. The second-order valence-corrected chi connectivity index (χ2v) is 4.42. The molecule has 1 heterocycles. The van der Waals surface area contributed by atoms with Crippen molar-refractivity contribution in [3.63, 3.8) is 0 Å². The van der Waals surface area contributed by atoms with Crippen LogP contribution in [0.15, 0.2) is 36.7 Å². The van der Waals surface area contributed by atoms with Gasteiger partial charge < -0.3 is 9.84 Å². The molecule has 1 aromatic heterocycles. The summed E-state index contributed by atoms with van der Waals surface area (Å²) in [5.74, 6) is -0.553. The first kappa shape index (κ1) is 13.1. The van der Waals surface area contributed by atoms with E-state index in [1.807, 2.05) is 19.1 Å². The zero-order valence-electron chi connectivity index (χ0n) is 10.9. The van der Waals surface area contributed by atoms with Crippen LogP contribution in [0.25, 0.3) is 0 Å². The van der Waals surface area contributed by atoms with Crippen molar-refractivity contribution in [3.8, 4) is 5.75 Å². The molecular weight excluding hydrogens is 242 g/mol. The zero-order chi connectivity index (χ0) is 13.8. The Morgan fingerprint density at radius 1 is 1.21 bits per heavy atom. The lowest BCUT2D eigenvalue weighted by atomic mass is 10.1. The fourth-order valence-electron chi connectivity index (χ4n) is 1.67. The van der Waals surface area contributed by atoms with Gasteiger partial charge in [0.1, 0.15) is 12.4 Å². The number of hydrogen-bond acceptors (Lipinski definition) is 3. The normalized spacial score (nSPS) is 10.2. The molecule has 98 valence electrons. The molecule has 2 rings (SSSR count). The van der Waals surface area contributed by atoms with Crippen LogP contribution in [0.5, 0.6) is 5.75 Å². The second kappa shape index (κ2) is 5.52. The molecular formula is C15H15NO3. The van der Waals surface area contributed by atoms with E-state index in [0.717, 1.165) is 5.56 Å². The lowest BCUT2D eigenvalue weighted by Gasteiger charge is -2.08. The number of carbonyl (C=O) groups is 1. The number of carboxylic acid groups (broad SMARTS) is 1. The van der Waals surface area contributed by atoms with Crippen molar-refractivity contribution in [2.75, 3.05) is 0 Å². The highest BCUT2D eigenvalue weighted by atomic mass is 16.5. The molecule has 0 aliphatic carbocycles.